The van der Waals surface area contributed by atoms with Gasteiger partial charge in [-0.3, -0.25) is 0 Å². The number of nitrogens with one attached hydrogen (secondary N) is 1. The highest BCUT2D eigenvalue weighted by Gasteiger charge is 2.26. The van der Waals surface area contributed by atoms with E-state index in [1.54, 1.807) is 0 Å². The zero-order valence-electron chi connectivity index (χ0n) is 18.3. The molecule has 164 valence electrons. The van der Waals surface area contributed by atoms with E-state index in [9.17, 15) is 8.42 Å². The van der Waals surface area contributed by atoms with Crippen LogP contribution in [0.15, 0.2) is 78.9 Å². The second-order valence-corrected chi connectivity index (χ2v) is 9.65. The Morgan fingerprint density at radius 1 is 0.774 bits per heavy atom. The van der Waals surface area contributed by atoms with Crippen LogP contribution in [0.5, 0.6) is 0 Å². The van der Waals surface area contributed by atoms with Crippen LogP contribution in [-0.2, 0) is 29.3 Å². The predicted octanol–water partition coefficient (Wildman–Crippen LogP) is 4.71. The summed E-state index contributed by atoms with van der Waals surface area (Å²) in [7, 11) is -3.56. The van der Waals surface area contributed by atoms with Crippen molar-refractivity contribution in [1.82, 2.24) is 4.72 Å². The Morgan fingerprint density at radius 2 is 1.29 bits per heavy atom. The summed E-state index contributed by atoms with van der Waals surface area (Å²) in [4.78, 5) is 0. The summed E-state index contributed by atoms with van der Waals surface area (Å²) in [5.74, 6) is 0.0296. The van der Waals surface area contributed by atoms with Gasteiger partial charge >= 0.3 is 0 Å². The molecule has 3 aromatic rings. The molecule has 0 saturated heterocycles. The van der Waals surface area contributed by atoms with Crippen LogP contribution >= 0.6 is 0 Å². The van der Waals surface area contributed by atoms with Gasteiger partial charge in [-0.05, 0) is 47.1 Å². The van der Waals surface area contributed by atoms with Crippen LogP contribution in [0.4, 0.5) is 0 Å². The first-order valence-electron chi connectivity index (χ1n) is 10.9. The van der Waals surface area contributed by atoms with Crippen molar-refractivity contribution in [1.29, 1.82) is 0 Å². The van der Waals surface area contributed by atoms with Gasteiger partial charge in [0, 0.05) is 0 Å². The molecule has 3 N–H and O–H groups in total. The lowest BCUT2D eigenvalue weighted by Gasteiger charge is -2.26. The quantitative estimate of drug-likeness (QED) is 0.483. The van der Waals surface area contributed by atoms with E-state index >= 15 is 0 Å². The molecule has 0 aliphatic rings. The van der Waals surface area contributed by atoms with Crippen LogP contribution in [0.3, 0.4) is 0 Å². The fraction of sp³-hybridized carbons (Fsp3) is 0.308. The number of hydrogen-bond acceptors (Lipinski definition) is 3. The van der Waals surface area contributed by atoms with Gasteiger partial charge in [0.05, 0.1) is 17.8 Å². The van der Waals surface area contributed by atoms with Crippen molar-refractivity contribution >= 4 is 10.0 Å². The van der Waals surface area contributed by atoms with Crippen molar-refractivity contribution in [3.8, 4) is 0 Å². The zero-order chi connectivity index (χ0) is 22.3. The first-order chi connectivity index (χ1) is 14.9. The van der Waals surface area contributed by atoms with Crippen LogP contribution < -0.4 is 10.5 Å². The topological polar surface area (TPSA) is 72.2 Å². The van der Waals surface area contributed by atoms with E-state index in [0.29, 0.717) is 6.42 Å². The van der Waals surface area contributed by atoms with Crippen LogP contribution in [0.25, 0.3) is 0 Å². The van der Waals surface area contributed by atoms with E-state index in [0.717, 1.165) is 29.5 Å². The first kappa shape index (κ1) is 23.2. The Labute approximate surface area is 186 Å². The number of rotatable bonds is 10. The molecule has 0 saturated carbocycles. The molecule has 0 heterocycles. The normalized spacial score (nSPS) is 13.6. The van der Waals surface area contributed by atoms with Crippen molar-refractivity contribution < 1.29 is 8.42 Å². The maximum absolute atomic E-state index is 13.2. The lowest BCUT2D eigenvalue weighted by Crippen LogP contribution is -2.37. The monoisotopic (exact) mass is 436 g/mol. The van der Waals surface area contributed by atoms with Gasteiger partial charge in [0.15, 0.2) is 0 Å². The molecule has 4 nitrogen and oxygen atoms in total. The fourth-order valence-corrected chi connectivity index (χ4v) is 5.30. The first-order valence-corrected chi connectivity index (χ1v) is 12.6. The maximum Gasteiger partial charge on any atom is 0.212 e. The standard InChI is InChI=1S/C26H32N2O2S/c1-3-20-16-11-17-21(4-2)24(20)18-19-31(29,30)28-26(23-14-9-6-10-15-23)25(27)22-12-7-5-8-13-22/h5-17,25-26,28H,3-4,18-19,27H2,1-2H3. The zero-order valence-corrected chi connectivity index (χ0v) is 19.1. The molecular formula is C26H32N2O2S. The van der Waals surface area contributed by atoms with Gasteiger partial charge in [-0.15, -0.1) is 0 Å². The lowest BCUT2D eigenvalue weighted by atomic mass is 9.95. The highest BCUT2D eigenvalue weighted by atomic mass is 32.2. The summed E-state index contributed by atoms with van der Waals surface area (Å²) in [5, 5.41) is 0. The molecule has 3 rings (SSSR count). The molecule has 2 unspecified atom stereocenters. The minimum atomic E-state index is -3.56. The number of benzene rings is 3. The Balaban J connectivity index is 1.84. The Hall–Kier alpha value is -2.47. The third kappa shape index (κ3) is 6.03. The van der Waals surface area contributed by atoms with Crippen molar-refractivity contribution in [2.24, 2.45) is 5.73 Å². The molecular weight excluding hydrogens is 404 g/mol. The molecule has 0 aliphatic heterocycles. The maximum atomic E-state index is 13.2. The van der Waals surface area contributed by atoms with Gasteiger partial charge < -0.3 is 5.73 Å². The van der Waals surface area contributed by atoms with Crippen LogP contribution in [0, 0.1) is 0 Å². The summed E-state index contributed by atoms with van der Waals surface area (Å²) < 4.78 is 29.2. The molecule has 0 spiro atoms. The minimum absolute atomic E-state index is 0.0296. The smallest absolute Gasteiger partial charge is 0.212 e. The third-order valence-corrected chi connectivity index (χ3v) is 7.12. The molecule has 0 bridgehead atoms. The third-order valence-electron chi connectivity index (χ3n) is 5.76. The SMILES string of the molecule is CCc1cccc(CC)c1CCS(=O)(=O)NC(c1ccccc1)C(N)c1ccccc1. The second kappa shape index (κ2) is 10.7. The molecule has 0 fully saturated rings. The summed E-state index contributed by atoms with van der Waals surface area (Å²) in [5.41, 5.74) is 11.9. The average Bonchev–Trinajstić information content (AvgIpc) is 2.81. The molecule has 0 amide bonds. The van der Waals surface area contributed by atoms with E-state index in [4.69, 9.17) is 5.73 Å². The highest BCUT2D eigenvalue weighted by Crippen LogP contribution is 2.28. The molecule has 5 heteroatoms. The predicted molar refractivity (Wildman–Crippen MR) is 128 cm³/mol. The largest absolute Gasteiger partial charge is 0.322 e. The molecule has 0 aromatic heterocycles. The van der Waals surface area contributed by atoms with Crippen molar-refractivity contribution in [3.05, 3.63) is 107 Å². The van der Waals surface area contributed by atoms with Crippen LogP contribution in [0.2, 0.25) is 0 Å². The highest BCUT2D eigenvalue weighted by molar-refractivity contribution is 7.89. The lowest BCUT2D eigenvalue weighted by molar-refractivity contribution is 0.503. The van der Waals surface area contributed by atoms with E-state index < -0.39 is 22.1 Å². The molecule has 0 aliphatic carbocycles. The van der Waals surface area contributed by atoms with Gasteiger partial charge in [0.2, 0.25) is 10.0 Å². The second-order valence-electron chi connectivity index (χ2n) is 7.77. The van der Waals surface area contributed by atoms with Gasteiger partial charge in [0.1, 0.15) is 0 Å². The fourth-order valence-electron chi connectivity index (χ4n) is 4.04. The van der Waals surface area contributed by atoms with Crippen molar-refractivity contribution in [2.45, 2.75) is 45.2 Å². The number of nitrogens with two attached hydrogens (primary N) is 1. The molecule has 31 heavy (non-hydrogen) atoms. The Morgan fingerprint density at radius 3 is 1.81 bits per heavy atom. The summed E-state index contributed by atoms with van der Waals surface area (Å²) in [6.07, 6.45) is 2.27. The van der Waals surface area contributed by atoms with E-state index in [2.05, 4.69) is 36.8 Å². The van der Waals surface area contributed by atoms with Gasteiger partial charge in [-0.2, -0.15) is 0 Å². The van der Waals surface area contributed by atoms with E-state index in [-0.39, 0.29) is 5.75 Å². The van der Waals surface area contributed by atoms with Crippen LogP contribution in [-0.4, -0.2) is 14.2 Å². The van der Waals surface area contributed by atoms with Crippen molar-refractivity contribution in [2.75, 3.05) is 5.75 Å². The summed E-state index contributed by atoms with van der Waals surface area (Å²) in [6.45, 7) is 4.21. The Kier molecular flexibility index (Phi) is 8.02. The van der Waals surface area contributed by atoms with Gasteiger partial charge in [-0.1, -0.05) is 92.7 Å². The summed E-state index contributed by atoms with van der Waals surface area (Å²) >= 11 is 0. The van der Waals surface area contributed by atoms with Gasteiger partial charge in [0.25, 0.3) is 0 Å². The van der Waals surface area contributed by atoms with E-state index in [1.807, 2.05) is 60.7 Å². The number of sulfonamides is 1. The number of hydrogen-bond donors (Lipinski definition) is 2. The molecule has 3 aromatic carbocycles. The van der Waals surface area contributed by atoms with Crippen LogP contribution in [0.1, 0.15) is 53.7 Å². The average molecular weight is 437 g/mol. The summed E-state index contributed by atoms with van der Waals surface area (Å²) in [6, 6.07) is 24.4. The Bertz CT molecular complexity index is 1040. The van der Waals surface area contributed by atoms with Gasteiger partial charge in [-0.25, -0.2) is 13.1 Å². The number of aryl methyl sites for hydroxylation is 2. The van der Waals surface area contributed by atoms with E-state index in [1.165, 1.54) is 11.1 Å². The van der Waals surface area contributed by atoms with Crippen molar-refractivity contribution in [3.63, 3.8) is 0 Å². The molecule has 0 radical (unpaired) electrons. The minimum Gasteiger partial charge on any atom is -0.322 e. The molecule has 2 atom stereocenters.